The number of hydrogen-bond acceptors (Lipinski definition) is 28. The molecule has 0 aromatic carbocycles. The molecular weight excluding hydrogens is 1270 g/mol. The summed E-state index contributed by atoms with van der Waals surface area (Å²) in [6, 6.07) is 0. The van der Waals surface area contributed by atoms with Crippen molar-refractivity contribution in [1.29, 1.82) is 0 Å². The van der Waals surface area contributed by atoms with Gasteiger partial charge in [0.2, 0.25) is 31.2 Å². The van der Waals surface area contributed by atoms with Gasteiger partial charge in [-0.1, -0.05) is 51.2 Å². The van der Waals surface area contributed by atoms with Gasteiger partial charge in [-0.25, -0.2) is 23.4 Å². The fraction of sp³-hybridized carbons (Fsp3) is 0.696. The van der Waals surface area contributed by atoms with Crippen LogP contribution in [0.15, 0.2) is 22.6 Å². The number of hydrogen-bond donors (Lipinski definition) is 14. The number of nitrogens with zero attached hydrogens (tertiary/aromatic N) is 6. The van der Waals surface area contributed by atoms with Crippen LogP contribution >= 0.6 is 46.6 Å². The third-order valence-electron chi connectivity index (χ3n) is 13.2. The molecule has 0 saturated carbocycles. The SMILES string of the molecule is CN=C1NCN(C2CCC(COP(=O)(O)OCC(C)(C)C(O)C(=O)NCCC(=O)NCSC(C)=O)O2)c2nc[nH]c21.[B]P(=O)(OCC1OC(N2CNC(=NC)c3[nH]cnc32)C(O)C1O)OP(=O)(O)OCC(C)(C)C(O)C(=O)NCCC(=O)NCSC(C)=O. The van der Waals surface area contributed by atoms with Gasteiger partial charge >= 0.3 is 15.6 Å². The summed E-state index contributed by atoms with van der Waals surface area (Å²) in [5.74, 6) is -0.0162. The Morgan fingerprint density at radius 2 is 1.19 bits per heavy atom. The topological polar surface area (TPSA) is 500 Å². The number of fused-ring (bicyclic) bond motifs is 2. The van der Waals surface area contributed by atoms with E-state index in [0.717, 1.165) is 29.2 Å². The Labute approximate surface area is 515 Å². The number of amides is 4. The molecule has 11 unspecified atom stereocenters. The van der Waals surface area contributed by atoms with Crippen molar-refractivity contribution in [1.82, 2.24) is 51.8 Å². The molecule has 4 aliphatic rings. The highest BCUT2D eigenvalue weighted by atomic mass is 32.2. The van der Waals surface area contributed by atoms with E-state index in [0.29, 0.717) is 48.5 Å². The number of aliphatic hydroxyl groups excluding tert-OH is 4. The van der Waals surface area contributed by atoms with E-state index < -0.39 is 114 Å². The second-order valence-electron chi connectivity index (χ2n) is 21.1. The van der Waals surface area contributed by atoms with Crippen LogP contribution in [-0.4, -0.2) is 231 Å². The zero-order valence-electron chi connectivity index (χ0n) is 49.3. The molecule has 0 spiro atoms. The molecule has 2 radical (unpaired) electrons. The largest absolute Gasteiger partial charge is 0.478 e. The number of thioether (sulfide) groups is 2. The molecule has 0 aliphatic carbocycles. The van der Waals surface area contributed by atoms with Crippen molar-refractivity contribution >= 4 is 111 Å². The first-order valence-corrected chi connectivity index (χ1v) is 33.5. The zero-order valence-corrected chi connectivity index (χ0v) is 53.6. The highest BCUT2D eigenvalue weighted by molar-refractivity contribution is 8.13. The van der Waals surface area contributed by atoms with Crippen molar-refractivity contribution in [2.75, 3.05) is 88.5 Å². The van der Waals surface area contributed by atoms with Gasteiger partial charge in [0.05, 0.1) is 70.3 Å². The van der Waals surface area contributed by atoms with Gasteiger partial charge in [0.15, 0.2) is 28.1 Å². The summed E-state index contributed by atoms with van der Waals surface area (Å²) in [5, 5.41) is 57.8. The maximum atomic E-state index is 12.7. The Kier molecular flexibility index (Phi) is 27.6. The van der Waals surface area contributed by atoms with E-state index in [1.54, 1.807) is 20.4 Å². The quantitative estimate of drug-likeness (QED) is 0.0236. The lowest BCUT2D eigenvalue weighted by molar-refractivity contribution is -0.137. The molecule has 2 saturated heterocycles. The predicted octanol–water partition coefficient (Wildman–Crippen LogP) is -1.69. The summed E-state index contributed by atoms with van der Waals surface area (Å²) in [5.41, 5.74) is -1.50. The van der Waals surface area contributed by atoms with Gasteiger partial charge in [0, 0.05) is 64.7 Å². The van der Waals surface area contributed by atoms with Crippen molar-refractivity contribution in [2.24, 2.45) is 20.8 Å². The summed E-state index contributed by atoms with van der Waals surface area (Å²) in [7, 11) is -5.88. The van der Waals surface area contributed by atoms with E-state index in [1.807, 2.05) is 4.90 Å². The number of aromatic amines is 2. The van der Waals surface area contributed by atoms with Crippen LogP contribution in [0.3, 0.4) is 0 Å². The van der Waals surface area contributed by atoms with Crippen LogP contribution in [-0.2, 0) is 74.3 Å². The second kappa shape index (κ2) is 32.9. The molecule has 2 aromatic rings. The monoisotopic (exact) mass is 1340 g/mol. The summed E-state index contributed by atoms with van der Waals surface area (Å²) in [6.07, 6.45) is -5.66. The summed E-state index contributed by atoms with van der Waals surface area (Å²) in [4.78, 5) is 117. The first-order valence-electron chi connectivity index (χ1n) is 26.9. The summed E-state index contributed by atoms with van der Waals surface area (Å²) < 4.78 is 74.1. The van der Waals surface area contributed by atoms with Crippen LogP contribution < -0.4 is 41.7 Å². The maximum absolute atomic E-state index is 12.7. The fourth-order valence-corrected chi connectivity index (χ4v) is 12.5. The number of aliphatic imine (C=N–C) groups is 2. The number of rotatable bonds is 30. The first-order chi connectivity index (χ1) is 41.2. The predicted molar refractivity (Wildman–Crippen MR) is 317 cm³/mol. The molecule has 42 heteroatoms. The lowest BCUT2D eigenvalue weighted by Crippen LogP contribution is -2.53. The van der Waals surface area contributed by atoms with Crippen molar-refractivity contribution in [3.63, 3.8) is 0 Å². The minimum Gasteiger partial charge on any atom is -0.387 e. The van der Waals surface area contributed by atoms with E-state index in [2.05, 4.69) is 66.1 Å². The molecule has 11 atom stereocenters. The average Bonchev–Trinajstić information content (AvgIpc) is 3.31. The third-order valence-corrected chi connectivity index (χ3v) is 18.3. The number of anilines is 2. The molecule has 6 heterocycles. The number of ether oxygens (including phenoxy) is 2. The molecule has 36 nitrogen and oxygen atoms in total. The molecule has 4 amide bonds. The Bertz CT molecular complexity index is 2970. The Morgan fingerprint density at radius 1 is 0.716 bits per heavy atom. The number of aromatic nitrogens is 4. The number of amidine groups is 2. The molecule has 4 aliphatic heterocycles. The molecule has 2 fully saturated rings. The van der Waals surface area contributed by atoms with Gasteiger partial charge in [-0.2, -0.15) is 0 Å². The second-order valence-corrected chi connectivity index (χ2v) is 28.1. The van der Waals surface area contributed by atoms with E-state index in [-0.39, 0.29) is 73.3 Å². The number of aliphatic hydroxyl groups is 4. The van der Waals surface area contributed by atoms with E-state index in [1.165, 1.54) is 52.8 Å². The number of phosphoric ester groups is 2. The smallest absolute Gasteiger partial charge is 0.387 e. The van der Waals surface area contributed by atoms with E-state index in [4.69, 9.17) is 35.1 Å². The van der Waals surface area contributed by atoms with Crippen molar-refractivity contribution in [3.8, 4) is 0 Å². The normalized spacial score (nSPS) is 23.8. The lowest BCUT2D eigenvalue weighted by atomic mass is 9.87. The molecule has 2 aromatic heterocycles. The number of carbonyl (C=O) groups excluding carboxylic acids is 6. The number of phosphoric acid groups is 2. The van der Waals surface area contributed by atoms with Gasteiger partial charge in [0.25, 0.3) is 7.47 Å². The van der Waals surface area contributed by atoms with Crippen molar-refractivity contribution < 1.29 is 105 Å². The Hall–Kier alpha value is -4.89. The molecule has 0 bridgehead atoms. The number of H-pyrrole nitrogens is 2. The van der Waals surface area contributed by atoms with E-state index >= 15 is 0 Å². The van der Waals surface area contributed by atoms with E-state index in [9.17, 15) is 72.7 Å². The number of imidazole rings is 2. The third kappa shape index (κ3) is 21.9. The number of carbonyl (C=O) groups is 6. The van der Waals surface area contributed by atoms with Gasteiger partial charge in [-0.05, 0) is 12.8 Å². The van der Waals surface area contributed by atoms with Gasteiger partial charge < -0.3 is 95.9 Å². The zero-order chi connectivity index (χ0) is 65.4. The van der Waals surface area contributed by atoms with Crippen LogP contribution in [0.25, 0.3) is 0 Å². The highest BCUT2D eigenvalue weighted by Crippen LogP contribution is 2.61. The number of nitrogens with one attached hydrogen (secondary N) is 8. The Morgan fingerprint density at radius 3 is 1.68 bits per heavy atom. The fourth-order valence-electron chi connectivity index (χ4n) is 8.35. The minimum absolute atomic E-state index is 0.0459. The molecular formula is C46H76BN14O22P3S2. The molecule has 14 N–H and O–H groups in total. The van der Waals surface area contributed by atoms with Crippen molar-refractivity contribution in [3.05, 3.63) is 24.0 Å². The van der Waals surface area contributed by atoms with Crippen LogP contribution in [0.4, 0.5) is 11.6 Å². The summed E-state index contributed by atoms with van der Waals surface area (Å²) >= 11 is 1.84. The average molecular weight is 1350 g/mol. The maximum Gasteiger partial charge on any atom is 0.478 e. The van der Waals surface area contributed by atoms with Gasteiger partial charge in [0.1, 0.15) is 59.8 Å². The highest BCUT2D eigenvalue weighted by Gasteiger charge is 2.49. The standard InChI is InChI=1S/C23H38BN7O13P2S.C23H38N7O9PS/c1-12(32)47-11-30-14(33)5-6-26-21(37)18(36)23(2,3)8-42-46(39,40)44-45(24,38)41-7-13-16(34)17(35)22(43-13)31-10-29-19(25-4)15-20(31)28-9-27-15;1-14(31)41-13-29-16(32)7-8-25-22(34)19(33)23(2,3)10-38-40(35,36)37-9-15-5-6-17(39-15)30-12-28-20(24-4)18-21(30)27-11-26-18/h9,13,16-18,22,34-36H,5-8,10-11H2,1-4H3,(H,25,29)(H,26,37)(H,27,28)(H,30,33)(H,39,40);11,15,17,19,33H,5-10,12-13H2,1-4H3,(H,24,28)(H,25,34)(H,26,27)(H,29,32)(H,35,36). The molecule has 88 heavy (non-hydrogen) atoms. The minimum atomic E-state index is -5.22. The van der Waals surface area contributed by atoms with Crippen LogP contribution in [0.5, 0.6) is 0 Å². The summed E-state index contributed by atoms with van der Waals surface area (Å²) in [6.45, 7) is 6.51. The Balaban J connectivity index is 0.000000324. The van der Waals surface area contributed by atoms with Gasteiger partial charge in [-0.3, -0.25) is 56.9 Å². The lowest BCUT2D eigenvalue weighted by Gasteiger charge is -2.34. The first kappa shape index (κ1) is 73.8. The van der Waals surface area contributed by atoms with Gasteiger partial charge in [-0.15, -0.1) is 0 Å². The van der Waals surface area contributed by atoms with Crippen LogP contribution in [0, 0.1) is 10.8 Å². The van der Waals surface area contributed by atoms with Crippen LogP contribution in [0.1, 0.15) is 78.6 Å². The molecule has 6 rings (SSSR count). The van der Waals surface area contributed by atoms with Crippen molar-refractivity contribution in [2.45, 2.75) is 116 Å². The van der Waals surface area contributed by atoms with Crippen LogP contribution in [0.2, 0.25) is 0 Å². The molecule has 492 valence electrons.